The lowest BCUT2D eigenvalue weighted by atomic mass is 10.3. The van der Waals surface area contributed by atoms with Crippen molar-refractivity contribution in [2.45, 2.75) is 12.8 Å². The van der Waals surface area contributed by atoms with Gasteiger partial charge in [0.25, 0.3) is 0 Å². The van der Waals surface area contributed by atoms with Crippen molar-refractivity contribution in [3.63, 3.8) is 0 Å². The van der Waals surface area contributed by atoms with E-state index in [4.69, 9.17) is 46.4 Å². The second kappa shape index (κ2) is 11.0. The summed E-state index contributed by atoms with van der Waals surface area (Å²) < 4.78 is 0. The lowest BCUT2D eigenvalue weighted by Gasteiger charge is -2.09. The van der Waals surface area contributed by atoms with Crippen LogP contribution in [0.25, 0.3) is 0 Å². The Hall–Kier alpha value is -1.11. The fraction of sp³-hybridized carbons (Fsp3) is 0.222. The monoisotopic (exact) mass is 464 g/mol. The number of halogens is 4. The molecule has 0 saturated carbocycles. The summed E-state index contributed by atoms with van der Waals surface area (Å²) in [5.41, 5.74) is 0.967. The number of rotatable bonds is 8. The van der Waals surface area contributed by atoms with Gasteiger partial charge in [0.2, 0.25) is 11.8 Å². The van der Waals surface area contributed by atoms with Crippen molar-refractivity contribution in [2.24, 2.45) is 0 Å². The third kappa shape index (κ3) is 7.09. The predicted molar refractivity (Wildman–Crippen MR) is 117 cm³/mol. The topological polar surface area (TPSA) is 58.2 Å². The second-order valence-electron chi connectivity index (χ2n) is 5.41. The molecule has 144 valence electrons. The quantitative estimate of drug-likeness (QED) is 0.444. The molecule has 2 rings (SSSR count). The molecule has 0 unspecified atom stereocenters. The predicted octanol–water partition coefficient (Wildman–Crippen LogP) is 6.39. The SMILES string of the molecule is O=C(CCSCCC(=O)Nc1cccc(Cl)c1Cl)Nc1cccc(Cl)c1Cl. The van der Waals surface area contributed by atoms with E-state index in [2.05, 4.69) is 10.6 Å². The van der Waals surface area contributed by atoms with Crippen molar-refractivity contribution in [2.75, 3.05) is 22.1 Å². The summed E-state index contributed by atoms with van der Waals surface area (Å²) in [6, 6.07) is 10.1. The van der Waals surface area contributed by atoms with Crippen LogP contribution in [0, 0.1) is 0 Å². The molecule has 2 aromatic rings. The smallest absolute Gasteiger partial charge is 0.225 e. The number of carbonyl (C=O) groups excluding carboxylic acids is 2. The fourth-order valence-corrected chi connectivity index (χ4v) is 3.62. The highest BCUT2D eigenvalue weighted by Gasteiger charge is 2.10. The maximum atomic E-state index is 12.0. The number of amides is 2. The third-order valence-electron chi connectivity index (χ3n) is 3.40. The molecule has 2 aromatic carbocycles. The van der Waals surface area contributed by atoms with Gasteiger partial charge in [-0.2, -0.15) is 11.8 Å². The van der Waals surface area contributed by atoms with Gasteiger partial charge < -0.3 is 10.6 Å². The molecule has 4 nitrogen and oxygen atoms in total. The van der Waals surface area contributed by atoms with Crippen LogP contribution >= 0.6 is 58.2 Å². The lowest BCUT2D eigenvalue weighted by Crippen LogP contribution is -2.14. The van der Waals surface area contributed by atoms with Gasteiger partial charge in [0.05, 0.1) is 31.5 Å². The van der Waals surface area contributed by atoms with E-state index in [1.165, 1.54) is 11.8 Å². The molecule has 9 heteroatoms. The average molecular weight is 466 g/mol. The van der Waals surface area contributed by atoms with E-state index in [-0.39, 0.29) is 11.8 Å². The van der Waals surface area contributed by atoms with Crippen LogP contribution in [-0.4, -0.2) is 23.3 Å². The third-order valence-corrected chi connectivity index (χ3v) is 6.02. The van der Waals surface area contributed by atoms with Crippen LogP contribution in [0.2, 0.25) is 20.1 Å². The largest absolute Gasteiger partial charge is 0.325 e. The summed E-state index contributed by atoms with van der Waals surface area (Å²) in [6.07, 6.45) is 0.602. The maximum absolute atomic E-state index is 12.0. The Balaban J connectivity index is 1.66. The van der Waals surface area contributed by atoms with Gasteiger partial charge in [-0.05, 0) is 24.3 Å². The number of nitrogens with one attached hydrogen (secondary N) is 2. The molecule has 0 bridgehead atoms. The van der Waals surface area contributed by atoms with Crippen molar-refractivity contribution in [3.8, 4) is 0 Å². The number of anilines is 2. The van der Waals surface area contributed by atoms with Crippen molar-refractivity contribution in [1.29, 1.82) is 0 Å². The van der Waals surface area contributed by atoms with Crippen LogP contribution in [0.3, 0.4) is 0 Å². The summed E-state index contributed by atoms with van der Waals surface area (Å²) in [7, 11) is 0. The summed E-state index contributed by atoms with van der Waals surface area (Å²) in [6.45, 7) is 0. The maximum Gasteiger partial charge on any atom is 0.225 e. The molecule has 0 aliphatic heterocycles. The Morgan fingerprint density at radius 3 is 1.56 bits per heavy atom. The molecular weight excluding hydrogens is 450 g/mol. The summed E-state index contributed by atoms with van der Waals surface area (Å²) in [5, 5.41) is 6.84. The highest BCUT2D eigenvalue weighted by atomic mass is 35.5. The highest BCUT2D eigenvalue weighted by Crippen LogP contribution is 2.30. The molecule has 0 spiro atoms. The zero-order valence-corrected chi connectivity index (χ0v) is 17.9. The van der Waals surface area contributed by atoms with E-state index in [0.29, 0.717) is 55.8 Å². The summed E-state index contributed by atoms with van der Waals surface area (Å²) >= 11 is 25.4. The van der Waals surface area contributed by atoms with Crippen molar-refractivity contribution >= 4 is 81.4 Å². The lowest BCUT2D eigenvalue weighted by molar-refractivity contribution is -0.116. The fourth-order valence-electron chi connectivity index (χ4n) is 2.06. The number of hydrogen-bond donors (Lipinski definition) is 2. The Kier molecular flexibility index (Phi) is 9.06. The minimum absolute atomic E-state index is 0.165. The number of thioether (sulfide) groups is 1. The first-order valence-electron chi connectivity index (χ1n) is 7.94. The average Bonchev–Trinajstić information content (AvgIpc) is 2.62. The van der Waals surface area contributed by atoms with Gasteiger partial charge >= 0.3 is 0 Å². The van der Waals surface area contributed by atoms with Gasteiger partial charge in [0.15, 0.2) is 0 Å². The van der Waals surface area contributed by atoms with Crippen molar-refractivity contribution in [1.82, 2.24) is 0 Å². The molecule has 0 aliphatic rings. The van der Waals surface area contributed by atoms with Gasteiger partial charge in [-0.15, -0.1) is 0 Å². The molecule has 27 heavy (non-hydrogen) atoms. The van der Waals surface area contributed by atoms with Gasteiger partial charge in [-0.25, -0.2) is 0 Å². The molecule has 2 amide bonds. The van der Waals surface area contributed by atoms with Crippen LogP contribution < -0.4 is 10.6 Å². The van der Waals surface area contributed by atoms with E-state index < -0.39 is 0 Å². The standard InChI is InChI=1S/C18H16Cl4N2O2S/c19-11-3-1-5-13(17(11)21)23-15(25)7-9-27-10-8-16(26)24-14-6-2-4-12(20)18(14)22/h1-6H,7-10H2,(H,23,25)(H,24,26). The van der Waals surface area contributed by atoms with Gasteiger partial charge in [-0.1, -0.05) is 58.5 Å². The first-order valence-corrected chi connectivity index (χ1v) is 10.6. The first-order chi connectivity index (χ1) is 12.9. The molecule has 0 atom stereocenters. The highest BCUT2D eigenvalue weighted by molar-refractivity contribution is 7.99. The molecule has 0 aromatic heterocycles. The number of hydrogen-bond acceptors (Lipinski definition) is 3. The van der Waals surface area contributed by atoms with Crippen LogP contribution in [0.5, 0.6) is 0 Å². The molecule has 2 N–H and O–H groups in total. The Bertz CT molecular complexity index is 766. The van der Waals surface area contributed by atoms with E-state index >= 15 is 0 Å². The van der Waals surface area contributed by atoms with Crippen molar-refractivity contribution in [3.05, 3.63) is 56.5 Å². The number of benzene rings is 2. The first kappa shape index (κ1) is 22.2. The number of carbonyl (C=O) groups is 2. The van der Waals surface area contributed by atoms with E-state index in [1.54, 1.807) is 36.4 Å². The normalized spacial score (nSPS) is 10.5. The summed E-state index contributed by atoms with van der Waals surface area (Å²) in [4.78, 5) is 23.9. The van der Waals surface area contributed by atoms with Crippen molar-refractivity contribution < 1.29 is 9.59 Å². The van der Waals surface area contributed by atoms with Crippen LogP contribution in [0.4, 0.5) is 11.4 Å². The van der Waals surface area contributed by atoms with Crippen LogP contribution in [0.15, 0.2) is 36.4 Å². The molecular formula is C18H16Cl4N2O2S. The molecule has 0 radical (unpaired) electrons. The van der Waals surface area contributed by atoms with E-state index in [1.807, 2.05) is 0 Å². The van der Waals surface area contributed by atoms with Gasteiger partial charge in [0.1, 0.15) is 0 Å². The minimum Gasteiger partial charge on any atom is -0.325 e. The van der Waals surface area contributed by atoms with Gasteiger partial charge in [-0.3, -0.25) is 9.59 Å². The second-order valence-corrected chi connectivity index (χ2v) is 8.21. The zero-order chi connectivity index (χ0) is 19.8. The van der Waals surface area contributed by atoms with Crippen LogP contribution in [0.1, 0.15) is 12.8 Å². The Morgan fingerprint density at radius 1 is 0.741 bits per heavy atom. The molecule has 0 fully saturated rings. The molecule has 0 heterocycles. The molecule has 0 aliphatic carbocycles. The minimum atomic E-state index is -0.165. The Labute approximate surface area is 181 Å². The van der Waals surface area contributed by atoms with E-state index in [0.717, 1.165) is 0 Å². The Morgan fingerprint density at radius 2 is 1.15 bits per heavy atom. The summed E-state index contributed by atoms with van der Waals surface area (Å²) in [5.74, 6) is 0.827. The van der Waals surface area contributed by atoms with E-state index in [9.17, 15) is 9.59 Å². The zero-order valence-electron chi connectivity index (χ0n) is 14.0. The van der Waals surface area contributed by atoms with Crippen LogP contribution in [-0.2, 0) is 9.59 Å². The molecule has 0 saturated heterocycles. The van der Waals surface area contributed by atoms with Gasteiger partial charge in [0, 0.05) is 24.3 Å².